The van der Waals surface area contributed by atoms with Gasteiger partial charge < -0.3 is 15.3 Å². The standard InChI is InChI=1S/C22H38O4/c1-6-11-12-18(7-2)15-19(8-3)16-22(26,10-5)17-21(25,9-4)14-13-20(23)24/h11-14,16,18,25-26H,6-10,15,17H2,1-5H3,(H,23,24)/b12-11+,14-13+,19-16+/t18-,21-,22-/m0/s1. The highest BCUT2D eigenvalue weighted by Gasteiger charge is 2.34. The Hall–Kier alpha value is -1.39. The van der Waals surface area contributed by atoms with Crippen LogP contribution in [-0.2, 0) is 4.79 Å². The zero-order chi connectivity index (χ0) is 20.2. The van der Waals surface area contributed by atoms with Gasteiger partial charge in [0.1, 0.15) is 0 Å². The highest BCUT2D eigenvalue weighted by Crippen LogP contribution is 2.32. The third-order valence-electron chi connectivity index (χ3n) is 4.99. The lowest BCUT2D eigenvalue weighted by molar-refractivity contribution is -0.131. The van der Waals surface area contributed by atoms with Crippen molar-refractivity contribution in [2.45, 2.75) is 90.8 Å². The number of carboxylic acid groups (broad SMARTS) is 1. The molecule has 0 amide bonds. The van der Waals surface area contributed by atoms with Gasteiger partial charge in [-0.3, -0.25) is 0 Å². The minimum Gasteiger partial charge on any atom is -0.478 e. The maximum Gasteiger partial charge on any atom is 0.328 e. The molecule has 0 aliphatic rings. The summed E-state index contributed by atoms with van der Waals surface area (Å²) in [5, 5.41) is 30.6. The van der Waals surface area contributed by atoms with Crippen LogP contribution in [0.25, 0.3) is 0 Å². The largest absolute Gasteiger partial charge is 0.478 e. The Labute approximate surface area is 159 Å². The fourth-order valence-corrected chi connectivity index (χ4v) is 3.04. The van der Waals surface area contributed by atoms with Gasteiger partial charge in [-0.25, -0.2) is 4.79 Å². The van der Waals surface area contributed by atoms with Gasteiger partial charge >= 0.3 is 5.97 Å². The van der Waals surface area contributed by atoms with Crippen molar-refractivity contribution in [2.24, 2.45) is 5.92 Å². The molecule has 3 atom stereocenters. The summed E-state index contributed by atoms with van der Waals surface area (Å²) in [4.78, 5) is 10.8. The van der Waals surface area contributed by atoms with E-state index in [0.29, 0.717) is 18.8 Å². The van der Waals surface area contributed by atoms with Gasteiger partial charge in [-0.1, -0.05) is 58.4 Å². The Bertz CT molecular complexity index is 506. The smallest absolute Gasteiger partial charge is 0.328 e. The van der Waals surface area contributed by atoms with Crippen molar-refractivity contribution in [1.82, 2.24) is 0 Å². The fourth-order valence-electron chi connectivity index (χ4n) is 3.04. The topological polar surface area (TPSA) is 77.8 Å². The summed E-state index contributed by atoms with van der Waals surface area (Å²) in [7, 11) is 0. The number of rotatable bonds is 13. The summed E-state index contributed by atoms with van der Waals surface area (Å²) in [6.07, 6.45) is 13.2. The molecule has 26 heavy (non-hydrogen) atoms. The maximum atomic E-state index is 11.1. The second-order valence-electron chi connectivity index (χ2n) is 7.13. The van der Waals surface area contributed by atoms with E-state index in [4.69, 9.17) is 5.11 Å². The molecule has 0 saturated carbocycles. The lowest BCUT2D eigenvalue weighted by Gasteiger charge is -2.33. The molecule has 0 fully saturated rings. The first-order valence-electron chi connectivity index (χ1n) is 9.91. The zero-order valence-corrected chi connectivity index (χ0v) is 17.2. The van der Waals surface area contributed by atoms with E-state index in [1.54, 1.807) is 6.92 Å². The molecule has 0 saturated heterocycles. The van der Waals surface area contributed by atoms with Crippen molar-refractivity contribution in [1.29, 1.82) is 0 Å². The van der Waals surface area contributed by atoms with E-state index in [-0.39, 0.29) is 6.42 Å². The Balaban J connectivity index is 5.48. The molecule has 0 aliphatic heterocycles. The van der Waals surface area contributed by atoms with Gasteiger partial charge in [-0.05, 0) is 50.5 Å². The second kappa shape index (κ2) is 12.1. The molecule has 0 radical (unpaired) electrons. The highest BCUT2D eigenvalue weighted by atomic mass is 16.4. The molecule has 0 heterocycles. The normalized spacial score (nSPS) is 18.8. The van der Waals surface area contributed by atoms with Crippen LogP contribution in [0.3, 0.4) is 0 Å². The minimum absolute atomic E-state index is 0.0852. The molecular weight excluding hydrogens is 328 g/mol. The first-order valence-corrected chi connectivity index (χ1v) is 9.91. The van der Waals surface area contributed by atoms with E-state index < -0.39 is 17.2 Å². The van der Waals surface area contributed by atoms with E-state index in [0.717, 1.165) is 31.8 Å². The van der Waals surface area contributed by atoms with Crippen molar-refractivity contribution in [3.63, 3.8) is 0 Å². The molecule has 0 aromatic rings. The second-order valence-corrected chi connectivity index (χ2v) is 7.13. The molecule has 4 nitrogen and oxygen atoms in total. The van der Waals surface area contributed by atoms with Crippen LogP contribution in [0.4, 0.5) is 0 Å². The lowest BCUT2D eigenvalue weighted by Crippen LogP contribution is -2.38. The summed E-state index contributed by atoms with van der Waals surface area (Å²) in [6, 6.07) is 0. The number of carbonyl (C=O) groups is 1. The summed E-state index contributed by atoms with van der Waals surface area (Å²) in [5.41, 5.74) is -1.33. The zero-order valence-electron chi connectivity index (χ0n) is 17.2. The number of aliphatic carboxylic acids is 1. The first-order chi connectivity index (χ1) is 12.2. The van der Waals surface area contributed by atoms with Crippen molar-refractivity contribution in [3.8, 4) is 0 Å². The number of aliphatic hydroxyl groups is 2. The number of carboxylic acids is 1. The Morgan fingerprint density at radius 1 is 1.04 bits per heavy atom. The van der Waals surface area contributed by atoms with Crippen LogP contribution >= 0.6 is 0 Å². The first kappa shape index (κ1) is 24.6. The number of hydrogen-bond donors (Lipinski definition) is 3. The molecule has 150 valence electrons. The Morgan fingerprint density at radius 2 is 1.65 bits per heavy atom. The molecule has 0 aliphatic carbocycles. The van der Waals surface area contributed by atoms with Crippen molar-refractivity contribution >= 4 is 5.97 Å². The quantitative estimate of drug-likeness (QED) is 0.316. The summed E-state index contributed by atoms with van der Waals surface area (Å²) >= 11 is 0. The van der Waals surface area contributed by atoms with Crippen molar-refractivity contribution in [2.75, 3.05) is 0 Å². The van der Waals surface area contributed by atoms with Gasteiger partial charge in [-0.15, -0.1) is 0 Å². The summed E-state index contributed by atoms with van der Waals surface area (Å²) in [5.74, 6) is -0.658. The van der Waals surface area contributed by atoms with E-state index >= 15 is 0 Å². The predicted octanol–water partition coefficient (Wildman–Crippen LogP) is 5.02. The molecule has 0 bridgehead atoms. The molecular formula is C22H38O4. The Kier molecular flexibility index (Phi) is 11.4. The van der Waals surface area contributed by atoms with Crippen molar-refractivity contribution in [3.05, 3.63) is 36.0 Å². The highest BCUT2D eigenvalue weighted by molar-refractivity contribution is 5.79. The Morgan fingerprint density at radius 3 is 2.08 bits per heavy atom. The number of allylic oxidation sites excluding steroid dienone is 3. The molecule has 0 rings (SSSR count). The average molecular weight is 367 g/mol. The van der Waals surface area contributed by atoms with Crippen LogP contribution in [0.15, 0.2) is 36.0 Å². The molecule has 0 aromatic heterocycles. The molecule has 0 spiro atoms. The number of hydrogen-bond acceptors (Lipinski definition) is 3. The maximum absolute atomic E-state index is 11.1. The van der Waals surface area contributed by atoms with Gasteiger partial charge in [0.2, 0.25) is 0 Å². The molecule has 0 aromatic carbocycles. The van der Waals surface area contributed by atoms with Gasteiger partial charge in [0.15, 0.2) is 0 Å². The predicted molar refractivity (Wildman–Crippen MR) is 108 cm³/mol. The van der Waals surface area contributed by atoms with Crippen LogP contribution in [0.5, 0.6) is 0 Å². The fraction of sp³-hybridized carbons (Fsp3) is 0.682. The summed E-state index contributed by atoms with van der Waals surface area (Å²) in [6.45, 7) is 10.0. The van der Waals surface area contributed by atoms with Gasteiger partial charge in [0.25, 0.3) is 0 Å². The van der Waals surface area contributed by atoms with Crippen molar-refractivity contribution < 1.29 is 20.1 Å². The average Bonchev–Trinajstić information content (AvgIpc) is 2.62. The van der Waals surface area contributed by atoms with E-state index in [9.17, 15) is 15.0 Å². The third-order valence-corrected chi connectivity index (χ3v) is 4.99. The van der Waals surface area contributed by atoms with Gasteiger partial charge in [0, 0.05) is 12.5 Å². The van der Waals surface area contributed by atoms with E-state index in [1.807, 2.05) is 13.0 Å². The van der Waals surface area contributed by atoms with E-state index in [2.05, 4.69) is 32.9 Å². The van der Waals surface area contributed by atoms with Crippen LogP contribution < -0.4 is 0 Å². The van der Waals surface area contributed by atoms with Crippen LogP contribution in [0, 0.1) is 5.92 Å². The SMILES string of the molecule is CC/C=C/[C@H](CC)C/C(=C/[C@@](O)(CC)C[C@@](O)(/C=C/C(=O)O)CC)CC. The van der Waals surface area contributed by atoms with E-state index in [1.165, 1.54) is 11.6 Å². The van der Waals surface area contributed by atoms with Gasteiger partial charge in [0.05, 0.1) is 11.2 Å². The van der Waals surface area contributed by atoms with Crippen LogP contribution in [0.2, 0.25) is 0 Å². The lowest BCUT2D eigenvalue weighted by atomic mass is 9.81. The third kappa shape index (κ3) is 9.35. The monoisotopic (exact) mass is 366 g/mol. The van der Waals surface area contributed by atoms with Crippen LogP contribution in [-0.4, -0.2) is 32.5 Å². The molecule has 0 unspecified atom stereocenters. The van der Waals surface area contributed by atoms with Gasteiger partial charge in [-0.2, -0.15) is 0 Å². The summed E-state index contributed by atoms with van der Waals surface area (Å²) < 4.78 is 0. The molecule has 4 heteroatoms. The van der Waals surface area contributed by atoms with Crippen LogP contribution in [0.1, 0.15) is 79.6 Å². The minimum atomic E-state index is -1.34. The molecule has 3 N–H and O–H groups in total.